The first-order valence-corrected chi connectivity index (χ1v) is 7.24. The third kappa shape index (κ3) is 2.64. The van der Waals surface area contributed by atoms with E-state index in [1.807, 2.05) is 0 Å². The number of hydrogen-bond acceptors (Lipinski definition) is 5. The molecule has 2 rings (SSSR count). The van der Waals surface area contributed by atoms with Crippen LogP contribution in [0, 0.1) is 13.8 Å². The fourth-order valence-electron chi connectivity index (χ4n) is 1.75. The average molecular weight is 294 g/mol. The topological polar surface area (TPSA) is 118 Å². The van der Waals surface area contributed by atoms with Gasteiger partial charge in [0, 0.05) is 6.07 Å². The van der Waals surface area contributed by atoms with Crippen molar-refractivity contribution >= 4 is 21.5 Å². The van der Waals surface area contributed by atoms with Gasteiger partial charge >= 0.3 is 0 Å². The Labute approximate surface area is 115 Å². The number of aromatic nitrogens is 2. The van der Waals surface area contributed by atoms with Gasteiger partial charge in [0.1, 0.15) is 4.90 Å². The van der Waals surface area contributed by atoms with E-state index in [9.17, 15) is 13.2 Å². The number of nitrogens with one attached hydrogen (secondary N) is 2. The van der Waals surface area contributed by atoms with Gasteiger partial charge in [-0.1, -0.05) is 12.1 Å². The highest BCUT2D eigenvalue weighted by Crippen LogP contribution is 2.27. The summed E-state index contributed by atoms with van der Waals surface area (Å²) in [6.07, 6.45) is 0. The number of anilines is 2. The molecule has 0 fully saturated rings. The molecule has 0 saturated carbocycles. The molecule has 0 aliphatic rings. The zero-order valence-corrected chi connectivity index (χ0v) is 11.8. The molecule has 1 heterocycles. The molecule has 0 aliphatic heterocycles. The largest absolute Gasteiger partial charge is 0.397 e. The second-order valence-corrected chi connectivity index (χ2v) is 5.97. The van der Waals surface area contributed by atoms with Crippen LogP contribution >= 0.6 is 0 Å². The molecule has 20 heavy (non-hydrogen) atoms. The fourth-order valence-corrected chi connectivity index (χ4v) is 3.19. The number of aryl methyl sites for hydroxylation is 2. The minimum absolute atomic E-state index is 0.0184. The summed E-state index contributed by atoms with van der Waals surface area (Å²) in [5.74, 6) is 0.0184. The number of nitrogens with zero attached hydrogens (tertiary/aromatic N) is 1. The molecule has 0 aliphatic carbocycles. The van der Waals surface area contributed by atoms with Crippen molar-refractivity contribution in [3.63, 3.8) is 0 Å². The lowest BCUT2D eigenvalue weighted by Crippen LogP contribution is -2.19. The summed E-state index contributed by atoms with van der Waals surface area (Å²) in [4.78, 5) is 10.9. The lowest BCUT2D eigenvalue weighted by atomic mass is 10.1. The average Bonchev–Trinajstić information content (AvgIpc) is 2.37. The summed E-state index contributed by atoms with van der Waals surface area (Å²) in [6, 6.07) is 5.89. The van der Waals surface area contributed by atoms with E-state index >= 15 is 0 Å². The number of rotatable bonds is 3. The summed E-state index contributed by atoms with van der Waals surface area (Å²) >= 11 is 0. The number of benzene rings is 1. The monoisotopic (exact) mass is 294 g/mol. The van der Waals surface area contributed by atoms with Gasteiger partial charge in [-0.25, -0.2) is 13.5 Å². The molecule has 106 valence electrons. The number of hydrogen-bond donors (Lipinski definition) is 3. The van der Waals surface area contributed by atoms with Crippen LogP contribution in [0.2, 0.25) is 0 Å². The summed E-state index contributed by atoms with van der Waals surface area (Å²) in [5, 5.41) is 5.75. The minimum Gasteiger partial charge on any atom is -0.397 e. The van der Waals surface area contributed by atoms with Crippen LogP contribution in [-0.4, -0.2) is 18.6 Å². The molecule has 0 atom stereocenters. The van der Waals surface area contributed by atoms with Crippen molar-refractivity contribution in [2.24, 2.45) is 0 Å². The van der Waals surface area contributed by atoms with Crippen LogP contribution in [0.3, 0.4) is 0 Å². The Hall–Kier alpha value is -2.35. The normalized spacial score (nSPS) is 11.3. The Balaban J connectivity index is 2.48. The SMILES string of the molecule is Cc1ccc(C)c(S(=O)(=O)Nc2ccc(=O)[nH]n2)c1N. The second kappa shape index (κ2) is 4.97. The van der Waals surface area contributed by atoms with Crippen molar-refractivity contribution in [1.82, 2.24) is 10.2 Å². The van der Waals surface area contributed by atoms with Gasteiger partial charge in [-0.3, -0.25) is 9.52 Å². The van der Waals surface area contributed by atoms with Crippen LogP contribution in [0.1, 0.15) is 11.1 Å². The van der Waals surface area contributed by atoms with Gasteiger partial charge in [-0.2, -0.15) is 5.10 Å². The maximum atomic E-state index is 12.4. The zero-order valence-electron chi connectivity index (χ0n) is 11.0. The number of aromatic amines is 1. The molecule has 1 aromatic heterocycles. The van der Waals surface area contributed by atoms with Crippen molar-refractivity contribution in [2.45, 2.75) is 18.7 Å². The molecule has 0 bridgehead atoms. The van der Waals surface area contributed by atoms with E-state index < -0.39 is 15.6 Å². The third-order valence-electron chi connectivity index (χ3n) is 2.80. The summed E-state index contributed by atoms with van der Waals surface area (Å²) in [5.41, 5.74) is 6.83. The van der Waals surface area contributed by atoms with E-state index in [0.717, 1.165) is 0 Å². The number of nitrogen functional groups attached to an aromatic ring is 1. The van der Waals surface area contributed by atoms with Gasteiger partial charge in [0.2, 0.25) is 0 Å². The molecule has 0 radical (unpaired) electrons. The van der Waals surface area contributed by atoms with Crippen molar-refractivity contribution in [3.8, 4) is 0 Å². The smallest absolute Gasteiger partial charge is 0.265 e. The Morgan fingerprint density at radius 2 is 1.80 bits per heavy atom. The molecule has 0 unspecified atom stereocenters. The lowest BCUT2D eigenvalue weighted by Gasteiger charge is -2.13. The van der Waals surface area contributed by atoms with Crippen LogP contribution in [-0.2, 0) is 10.0 Å². The molecule has 8 heteroatoms. The van der Waals surface area contributed by atoms with E-state index in [0.29, 0.717) is 11.1 Å². The minimum atomic E-state index is -3.87. The quantitative estimate of drug-likeness (QED) is 0.723. The van der Waals surface area contributed by atoms with Crippen molar-refractivity contribution in [2.75, 3.05) is 10.5 Å². The Kier molecular flexibility index (Phi) is 3.49. The molecule has 4 N–H and O–H groups in total. The van der Waals surface area contributed by atoms with Gasteiger partial charge in [-0.05, 0) is 31.0 Å². The Morgan fingerprint density at radius 3 is 2.40 bits per heavy atom. The highest BCUT2D eigenvalue weighted by Gasteiger charge is 2.21. The van der Waals surface area contributed by atoms with E-state index in [4.69, 9.17) is 5.73 Å². The van der Waals surface area contributed by atoms with Crippen molar-refractivity contribution in [1.29, 1.82) is 0 Å². The van der Waals surface area contributed by atoms with Crippen molar-refractivity contribution < 1.29 is 8.42 Å². The van der Waals surface area contributed by atoms with Gasteiger partial charge in [0.05, 0.1) is 5.69 Å². The molecule has 1 aromatic carbocycles. The molecule has 0 saturated heterocycles. The maximum absolute atomic E-state index is 12.4. The predicted octanol–water partition coefficient (Wildman–Crippen LogP) is 0.770. The molecular formula is C12H14N4O3S. The van der Waals surface area contributed by atoms with Crippen LogP contribution in [0.15, 0.2) is 34.0 Å². The highest BCUT2D eigenvalue weighted by molar-refractivity contribution is 7.93. The van der Waals surface area contributed by atoms with Gasteiger partial charge in [-0.15, -0.1) is 0 Å². The number of H-pyrrole nitrogens is 1. The van der Waals surface area contributed by atoms with Gasteiger partial charge < -0.3 is 5.73 Å². The predicted molar refractivity (Wildman–Crippen MR) is 76.0 cm³/mol. The maximum Gasteiger partial charge on any atom is 0.265 e. The number of nitrogens with two attached hydrogens (primary N) is 1. The van der Waals surface area contributed by atoms with Gasteiger partial charge in [0.25, 0.3) is 15.6 Å². The van der Waals surface area contributed by atoms with E-state index in [-0.39, 0.29) is 16.4 Å². The standard InChI is InChI=1S/C12H14N4O3S/c1-7-3-4-8(2)12(11(7)13)20(18,19)16-9-5-6-10(17)15-14-9/h3-6H,13H2,1-2H3,(H,14,16)(H,15,17). The zero-order chi connectivity index (χ0) is 14.9. The third-order valence-corrected chi connectivity index (χ3v) is 4.35. The summed E-state index contributed by atoms with van der Waals surface area (Å²) in [7, 11) is -3.87. The Bertz CT molecular complexity index is 791. The van der Waals surface area contributed by atoms with Crippen molar-refractivity contribution in [3.05, 3.63) is 45.7 Å². The molecule has 7 nitrogen and oxygen atoms in total. The summed E-state index contributed by atoms with van der Waals surface area (Å²) < 4.78 is 27.0. The first-order valence-electron chi connectivity index (χ1n) is 5.75. The lowest BCUT2D eigenvalue weighted by molar-refractivity contribution is 0.600. The van der Waals surface area contributed by atoms with Crippen LogP contribution in [0.25, 0.3) is 0 Å². The first kappa shape index (κ1) is 14.1. The molecular weight excluding hydrogens is 280 g/mol. The molecule has 0 amide bonds. The van der Waals surface area contributed by atoms with E-state index in [2.05, 4.69) is 14.9 Å². The van der Waals surface area contributed by atoms with E-state index in [1.165, 1.54) is 12.1 Å². The Morgan fingerprint density at radius 1 is 1.15 bits per heavy atom. The first-order chi connectivity index (χ1) is 9.31. The van der Waals surface area contributed by atoms with Crippen LogP contribution in [0.5, 0.6) is 0 Å². The van der Waals surface area contributed by atoms with Crippen LogP contribution < -0.4 is 16.0 Å². The fraction of sp³-hybridized carbons (Fsp3) is 0.167. The molecule has 2 aromatic rings. The summed E-state index contributed by atoms with van der Waals surface area (Å²) in [6.45, 7) is 3.39. The van der Waals surface area contributed by atoms with Crippen LogP contribution in [0.4, 0.5) is 11.5 Å². The van der Waals surface area contributed by atoms with E-state index in [1.54, 1.807) is 26.0 Å². The molecule has 0 spiro atoms. The second-order valence-electron chi connectivity index (χ2n) is 4.35. The number of sulfonamides is 1. The highest BCUT2D eigenvalue weighted by atomic mass is 32.2. The van der Waals surface area contributed by atoms with Gasteiger partial charge in [0.15, 0.2) is 5.82 Å².